The molecular formula is C14H23NO6. The highest BCUT2D eigenvalue weighted by atomic mass is 16.5. The molecule has 0 radical (unpaired) electrons. The van der Waals surface area contributed by atoms with E-state index in [-0.39, 0.29) is 25.3 Å². The van der Waals surface area contributed by atoms with E-state index in [1.165, 1.54) is 0 Å². The lowest BCUT2D eigenvalue weighted by molar-refractivity contribution is -0.156. The normalized spacial score (nSPS) is 19.5. The number of carboxylic acids is 2. The molecule has 0 spiro atoms. The van der Waals surface area contributed by atoms with Gasteiger partial charge in [-0.15, -0.1) is 0 Å². The highest BCUT2D eigenvalue weighted by Gasteiger charge is 2.35. The van der Waals surface area contributed by atoms with Gasteiger partial charge in [-0.1, -0.05) is 13.8 Å². The Bertz CT molecular complexity index is 389. The number of carbonyl (C=O) groups is 3. The fourth-order valence-electron chi connectivity index (χ4n) is 2.40. The van der Waals surface area contributed by atoms with Gasteiger partial charge < -0.3 is 19.8 Å². The third-order valence-electron chi connectivity index (χ3n) is 3.41. The average Bonchev–Trinajstić information content (AvgIpc) is 2.90. The van der Waals surface area contributed by atoms with Gasteiger partial charge >= 0.3 is 11.9 Å². The zero-order chi connectivity index (χ0) is 16.0. The summed E-state index contributed by atoms with van der Waals surface area (Å²) in [7, 11) is 0. The van der Waals surface area contributed by atoms with Crippen molar-refractivity contribution in [2.45, 2.75) is 51.7 Å². The molecule has 1 rings (SSSR count). The third kappa shape index (κ3) is 5.34. The summed E-state index contributed by atoms with van der Waals surface area (Å²) < 4.78 is 5.31. The summed E-state index contributed by atoms with van der Waals surface area (Å²) in [5.74, 6) is -2.51. The summed E-state index contributed by atoms with van der Waals surface area (Å²) in [6, 6.07) is -1.01. The monoisotopic (exact) mass is 301 g/mol. The van der Waals surface area contributed by atoms with Crippen molar-refractivity contribution in [3.8, 4) is 0 Å². The van der Waals surface area contributed by atoms with E-state index >= 15 is 0 Å². The van der Waals surface area contributed by atoms with Crippen LogP contribution in [0.1, 0.15) is 39.5 Å². The Kier molecular flexibility index (Phi) is 6.61. The van der Waals surface area contributed by atoms with Crippen molar-refractivity contribution >= 4 is 17.8 Å². The quantitative estimate of drug-likeness (QED) is 0.692. The predicted octanol–water partition coefficient (Wildman–Crippen LogP) is 0.968. The van der Waals surface area contributed by atoms with E-state index in [1.807, 2.05) is 13.8 Å². The molecule has 0 aromatic carbocycles. The maximum absolute atomic E-state index is 12.4. The maximum Gasteiger partial charge on any atom is 0.326 e. The van der Waals surface area contributed by atoms with E-state index in [4.69, 9.17) is 9.84 Å². The highest BCUT2D eigenvalue weighted by molar-refractivity contribution is 5.87. The number of hydrogen-bond donors (Lipinski definition) is 2. The maximum atomic E-state index is 12.4. The largest absolute Gasteiger partial charge is 0.481 e. The lowest BCUT2D eigenvalue weighted by Crippen LogP contribution is -2.50. The van der Waals surface area contributed by atoms with E-state index in [0.717, 1.165) is 11.3 Å². The summed E-state index contributed by atoms with van der Waals surface area (Å²) in [5.41, 5.74) is 0. The van der Waals surface area contributed by atoms with Crippen molar-refractivity contribution in [1.82, 2.24) is 4.90 Å². The van der Waals surface area contributed by atoms with Crippen molar-refractivity contribution in [3.05, 3.63) is 0 Å². The van der Waals surface area contributed by atoms with E-state index in [2.05, 4.69) is 0 Å². The van der Waals surface area contributed by atoms with Crippen LogP contribution in [0.25, 0.3) is 0 Å². The Labute approximate surface area is 123 Å². The number of amides is 1. The molecule has 0 aromatic heterocycles. The first-order valence-electron chi connectivity index (χ1n) is 7.19. The molecule has 1 amide bonds. The second-order valence-corrected chi connectivity index (χ2v) is 5.66. The Morgan fingerprint density at radius 3 is 2.38 bits per heavy atom. The van der Waals surface area contributed by atoms with Gasteiger partial charge in [0.05, 0.1) is 6.42 Å². The number of nitrogens with zero attached hydrogens (tertiary/aromatic N) is 1. The van der Waals surface area contributed by atoms with Gasteiger partial charge in [0.2, 0.25) is 0 Å². The minimum atomic E-state index is -1.11. The summed E-state index contributed by atoms with van der Waals surface area (Å²) >= 11 is 0. The molecule has 0 saturated carbocycles. The molecule has 1 saturated heterocycles. The Balaban J connectivity index is 2.88. The van der Waals surface area contributed by atoms with Gasteiger partial charge in [-0.25, -0.2) is 4.79 Å². The van der Waals surface area contributed by atoms with E-state index in [9.17, 15) is 19.5 Å². The molecule has 0 bridgehead atoms. The molecule has 2 atom stereocenters. The van der Waals surface area contributed by atoms with Crippen molar-refractivity contribution in [2.24, 2.45) is 5.92 Å². The van der Waals surface area contributed by atoms with Crippen LogP contribution in [-0.4, -0.2) is 58.3 Å². The lowest BCUT2D eigenvalue weighted by Gasteiger charge is -2.31. The third-order valence-corrected chi connectivity index (χ3v) is 3.41. The van der Waals surface area contributed by atoms with Gasteiger partial charge in [-0.3, -0.25) is 9.59 Å². The van der Waals surface area contributed by atoms with Crippen LogP contribution in [-0.2, 0) is 19.1 Å². The fourth-order valence-corrected chi connectivity index (χ4v) is 2.40. The SMILES string of the molecule is CC(C)CC(C(=O)O)N(CCC(=O)O)C(=O)C1CCCO1. The van der Waals surface area contributed by atoms with E-state index in [0.29, 0.717) is 13.0 Å². The van der Waals surface area contributed by atoms with Crippen LogP contribution in [0.4, 0.5) is 0 Å². The van der Waals surface area contributed by atoms with Crippen LogP contribution in [0.15, 0.2) is 0 Å². The standard InChI is InChI=1S/C14H23NO6/c1-9(2)8-10(14(19)20)15(6-5-12(16)17)13(18)11-4-3-7-21-11/h9-11H,3-8H2,1-2H3,(H,16,17)(H,19,20). The minimum absolute atomic E-state index is 0.0794. The van der Waals surface area contributed by atoms with Crippen molar-refractivity contribution in [1.29, 1.82) is 0 Å². The Hall–Kier alpha value is -1.63. The van der Waals surface area contributed by atoms with Gasteiger partial charge in [-0.2, -0.15) is 0 Å². The smallest absolute Gasteiger partial charge is 0.326 e. The molecule has 1 aliphatic heterocycles. The molecule has 0 aromatic rings. The van der Waals surface area contributed by atoms with Gasteiger partial charge in [0, 0.05) is 13.2 Å². The summed E-state index contributed by atoms with van der Waals surface area (Å²) in [4.78, 5) is 35.8. The second-order valence-electron chi connectivity index (χ2n) is 5.66. The molecule has 21 heavy (non-hydrogen) atoms. The van der Waals surface area contributed by atoms with E-state index in [1.54, 1.807) is 0 Å². The second kappa shape index (κ2) is 7.97. The molecule has 120 valence electrons. The van der Waals surface area contributed by atoms with Crippen molar-refractivity contribution in [2.75, 3.05) is 13.2 Å². The van der Waals surface area contributed by atoms with Gasteiger partial charge in [0.1, 0.15) is 12.1 Å². The minimum Gasteiger partial charge on any atom is -0.481 e. The summed E-state index contributed by atoms with van der Waals surface area (Å²) in [6.07, 6.45) is 0.669. The van der Waals surface area contributed by atoms with Gasteiger partial charge in [-0.05, 0) is 25.2 Å². The first-order chi connectivity index (χ1) is 9.82. The molecule has 1 fully saturated rings. The van der Waals surface area contributed by atoms with Crippen LogP contribution in [0, 0.1) is 5.92 Å². The first-order valence-corrected chi connectivity index (χ1v) is 7.19. The number of rotatable bonds is 8. The lowest BCUT2D eigenvalue weighted by atomic mass is 10.0. The number of aliphatic carboxylic acids is 2. The molecular weight excluding hydrogens is 278 g/mol. The molecule has 2 N–H and O–H groups in total. The molecule has 7 nitrogen and oxygen atoms in total. The van der Waals surface area contributed by atoms with Crippen LogP contribution in [0.2, 0.25) is 0 Å². The molecule has 7 heteroatoms. The van der Waals surface area contributed by atoms with Crippen LogP contribution in [0.3, 0.4) is 0 Å². The number of carboxylic acid groups (broad SMARTS) is 2. The zero-order valence-corrected chi connectivity index (χ0v) is 12.4. The van der Waals surface area contributed by atoms with Gasteiger partial charge in [0.25, 0.3) is 5.91 Å². The highest BCUT2D eigenvalue weighted by Crippen LogP contribution is 2.20. The average molecular weight is 301 g/mol. The van der Waals surface area contributed by atoms with Crippen molar-refractivity contribution < 1.29 is 29.3 Å². The van der Waals surface area contributed by atoms with Crippen LogP contribution >= 0.6 is 0 Å². The van der Waals surface area contributed by atoms with Gasteiger partial charge in [0.15, 0.2) is 0 Å². The van der Waals surface area contributed by atoms with E-state index < -0.39 is 30.0 Å². The Morgan fingerprint density at radius 1 is 1.29 bits per heavy atom. The molecule has 1 heterocycles. The molecule has 2 unspecified atom stereocenters. The fraction of sp³-hybridized carbons (Fsp3) is 0.786. The molecule has 0 aliphatic carbocycles. The van der Waals surface area contributed by atoms with Crippen molar-refractivity contribution in [3.63, 3.8) is 0 Å². The summed E-state index contributed by atoms with van der Waals surface area (Å²) in [5, 5.41) is 18.2. The zero-order valence-electron chi connectivity index (χ0n) is 12.4. The van der Waals surface area contributed by atoms with Crippen LogP contribution in [0.5, 0.6) is 0 Å². The number of carbonyl (C=O) groups excluding carboxylic acids is 1. The van der Waals surface area contributed by atoms with Crippen LogP contribution < -0.4 is 0 Å². The topological polar surface area (TPSA) is 104 Å². The Morgan fingerprint density at radius 2 is 1.95 bits per heavy atom. The predicted molar refractivity (Wildman–Crippen MR) is 73.8 cm³/mol. The molecule has 1 aliphatic rings. The first kappa shape index (κ1) is 17.4. The summed E-state index contributed by atoms with van der Waals surface area (Å²) in [6.45, 7) is 4.09. The number of ether oxygens (including phenoxy) is 1. The number of hydrogen-bond acceptors (Lipinski definition) is 4.